The summed E-state index contributed by atoms with van der Waals surface area (Å²) in [5.41, 5.74) is 0. The van der Waals surface area contributed by atoms with Gasteiger partial charge >= 0.3 is 12.1 Å². The number of hydrogen-bond donors (Lipinski definition) is 2. The third-order valence-corrected chi connectivity index (χ3v) is 3.27. The van der Waals surface area contributed by atoms with Gasteiger partial charge in [-0.2, -0.15) is 0 Å². The van der Waals surface area contributed by atoms with E-state index in [9.17, 15) is 9.59 Å². The minimum absolute atomic E-state index is 0.0768. The largest absolute Gasteiger partial charge is 0.450 e. The molecule has 0 bridgehead atoms. The van der Waals surface area contributed by atoms with Crippen molar-refractivity contribution in [2.75, 3.05) is 19.7 Å². The fourth-order valence-corrected chi connectivity index (χ4v) is 2.06. The molecule has 0 spiro atoms. The van der Waals surface area contributed by atoms with Gasteiger partial charge in [-0.25, -0.2) is 9.59 Å². The van der Waals surface area contributed by atoms with Crippen molar-refractivity contribution in [3.05, 3.63) is 0 Å². The Kier molecular flexibility index (Phi) is 4.28. The van der Waals surface area contributed by atoms with Crippen LogP contribution >= 0.6 is 0 Å². The Morgan fingerprint density at radius 3 is 2.17 bits per heavy atom. The molecule has 0 aromatic carbocycles. The molecule has 2 N–H and O–H groups in total. The molecule has 2 rings (SSSR count). The summed E-state index contributed by atoms with van der Waals surface area (Å²) in [5, 5.41) is 5.85. The smallest absolute Gasteiger partial charge is 0.409 e. The molecule has 0 radical (unpaired) electrons. The van der Waals surface area contributed by atoms with E-state index in [0.717, 1.165) is 25.7 Å². The number of urea groups is 1. The van der Waals surface area contributed by atoms with E-state index < -0.39 is 0 Å². The Morgan fingerprint density at radius 1 is 1.11 bits per heavy atom. The van der Waals surface area contributed by atoms with E-state index in [1.54, 1.807) is 11.8 Å². The van der Waals surface area contributed by atoms with Gasteiger partial charge in [-0.3, -0.25) is 0 Å². The lowest BCUT2D eigenvalue weighted by molar-refractivity contribution is 0.0957. The standard InChI is InChI=1S/C12H21N3O3/c1-2-18-12(17)15-7-5-10(6-8-15)14-11(16)13-9-3-4-9/h9-10H,2-8H2,1H3,(H2,13,14,16). The summed E-state index contributed by atoms with van der Waals surface area (Å²) in [4.78, 5) is 24.7. The van der Waals surface area contributed by atoms with Crippen LogP contribution in [0.1, 0.15) is 32.6 Å². The first-order valence-corrected chi connectivity index (χ1v) is 6.67. The molecule has 0 atom stereocenters. The number of rotatable bonds is 3. The topological polar surface area (TPSA) is 70.7 Å². The first kappa shape index (κ1) is 13.0. The van der Waals surface area contributed by atoms with Crippen molar-refractivity contribution in [2.24, 2.45) is 0 Å². The molecule has 1 aliphatic heterocycles. The van der Waals surface area contributed by atoms with Gasteiger partial charge in [0.25, 0.3) is 0 Å². The van der Waals surface area contributed by atoms with Crippen molar-refractivity contribution in [2.45, 2.75) is 44.7 Å². The molecule has 1 heterocycles. The van der Waals surface area contributed by atoms with Crippen molar-refractivity contribution in [3.8, 4) is 0 Å². The number of carbonyl (C=O) groups excluding carboxylic acids is 2. The van der Waals surface area contributed by atoms with Gasteiger partial charge in [0, 0.05) is 25.2 Å². The molecule has 6 nitrogen and oxygen atoms in total. The fraction of sp³-hybridized carbons (Fsp3) is 0.833. The van der Waals surface area contributed by atoms with Crippen molar-refractivity contribution >= 4 is 12.1 Å². The van der Waals surface area contributed by atoms with Gasteiger partial charge in [-0.15, -0.1) is 0 Å². The molecule has 0 aromatic rings. The second-order valence-corrected chi connectivity index (χ2v) is 4.85. The summed E-state index contributed by atoms with van der Waals surface area (Å²) in [5.74, 6) is 0. The summed E-state index contributed by atoms with van der Waals surface area (Å²) in [6.45, 7) is 3.50. The number of carbonyl (C=O) groups is 2. The lowest BCUT2D eigenvalue weighted by atomic mass is 10.1. The molecule has 102 valence electrons. The van der Waals surface area contributed by atoms with Crippen LogP contribution in [-0.4, -0.2) is 48.8 Å². The second kappa shape index (κ2) is 5.93. The molecule has 2 aliphatic rings. The van der Waals surface area contributed by atoms with E-state index in [0.29, 0.717) is 25.7 Å². The van der Waals surface area contributed by atoms with E-state index >= 15 is 0 Å². The molecule has 6 heteroatoms. The summed E-state index contributed by atoms with van der Waals surface area (Å²) in [6.07, 6.45) is 3.51. The van der Waals surface area contributed by atoms with Crippen LogP contribution in [0.15, 0.2) is 0 Å². The Morgan fingerprint density at radius 2 is 1.67 bits per heavy atom. The van der Waals surface area contributed by atoms with Crippen molar-refractivity contribution < 1.29 is 14.3 Å². The normalized spacial score (nSPS) is 20.4. The zero-order valence-electron chi connectivity index (χ0n) is 10.8. The van der Waals surface area contributed by atoms with Gasteiger partial charge in [0.05, 0.1) is 6.61 Å². The third-order valence-electron chi connectivity index (χ3n) is 3.27. The molecule has 3 amide bonds. The van der Waals surface area contributed by atoms with Crippen LogP contribution in [0.25, 0.3) is 0 Å². The molecule has 0 aromatic heterocycles. The zero-order chi connectivity index (χ0) is 13.0. The van der Waals surface area contributed by atoms with E-state index in [2.05, 4.69) is 10.6 Å². The van der Waals surface area contributed by atoms with Gasteiger partial charge in [0.1, 0.15) is 0 Å². The van der Waals surface area contributed by atoms with E-state index in [1.165, 1.54) is 0 Å². The Balaban J connectivity index is 1.66. The fourth-order valence-electron chi connectivity index (χ4n) is 2.06. The van der Waals surface area contributed by atoms with Crippen LogP contribution in [0.5, 0.6) is 0 Å². The molecule has 18 heavy (non-hydrogen) atoms. The quantitative estimate of drug-likeness (QED) is 0.792. The maximum absolute atomic E-state index is 11.6. The van der Waals surface area contributed by atoms with Crippen LogP contribution in [0.4, 0.5) is 9.59 Å². The van der Waals surface area contributed by atoms with Crippen LogP contribution in [0, 0.1) is 0 Å². The van der Waals surface area contributed by atoms with Crippen LogP contribution in [-0.2, 0) is 4.74 Å². The highest BCUT2D eigenvalue weighted by Crippen LogP contribution is 2.18. The molecule has 1 aliphatic carbocycles. The molecular formula is C12H21N3O3. The molecule has 0 unspecified atom stereocenters. The van der Waals surface area contributed by atoms with Crippen LogP contribution in [0.2, 0.25) is 0 Å². The number of hydrogen-bond acceptors (Lipinski definition) is 3. The Bertz CT molecular complexity index is 310. The van der Waals surface area contributed by atoms with Gasteiger partial charge in [0.2, 0.25) is 0 Å². The molecule has 2 fully saturated rings. The van der Waals surface area contributed by atoms with Gasteiger partial charge in [0.15, 0.2) is 0 Å². The first-order chi connectivity index (χ1) is 8.69. The SMILES string of the molecule is CCOC(=O)N1CCC(NC(=O)NC2CC2)CC1. The van der Waals surface area contributed by atoms with Crippen molar-refractivity contribution in [1.29, 1.82) is 0 Å². The van der Waals surface area contributed by atoms with Crippen LogP contribution in [0.3, 0.4) is 0 Å². The summed E-state index contributed by atoms with van der Waals surface area (Å²) < 4.78 is 4.95. The number of ether oxygens (including phenoxy) is 1. The third kappa shape index (κ3) is 3.78. The average molecular weight is 255 g/mol. The summed E-state index contributed by atoms with van der Waals surface area (Å²) >= 11 is 0. The Labute approximate surface area is 107 Å². The van der Waals surface area contributed by atoms with Crippen LogP contribution < -0.4 is 10.6 Å². The average Bonchev–Trinajstić information content (AvgIpc) is 3.14. The zero-order valence-corrected chi connectivity index (χ0v) is 10.8. The lowest BCUT2D eigenvalue weighted by Crippen LogP contribution is -2.49. The maximum Gasteiger partial charge on any atom is 0.409 e. The number of nitrogens with one attached hydrogen (secondary N) is 2. The van der Waals surface area contributed by atoms with E-state index in [-0.39, 0.29) is 18.2 Å². The van der Waals surface area contributed by atoms with Gasteiger partial charge in [-0.1, -0.05) is 0 Å². The number of piperidine rings is 1. The summed E-state index contributed by atoms with van der Waals surface area (Å²) in [7, 11) is 0. The maximum atomic E-state index is 11.6. The monoisotopic (exact) mass is 255 g/mol. The lowest BCUT2D eigenvalue weighted by Gasteiger charge is -2.31. The minimum atomic E-state index is -0.251. The van der Waals surface area contributed by atoms with Gasteiger partial charge < -0.3 is 20.3 Å². The van der Waals surface area contributed by atoms with Crippen molar-refractivity contribution in [1.82, 2.24) is 15.5 Å². The molecule has 1 saturated heterocycles. The number of nitrogens with zero attached hydrogens (tertiary/aromatic N) is 1. The van der Waals surface area contributed by atoms with E-state index in [4.69, 9.17) is 4.74 Å². The number of amides is 3. The van der Waals surface area contributed by atoms with E-state index in [1.807, 2.05) is 0 Å². The Hall–Kier alpha value is -1.46. The highest BCUT2D eigenvalue weighted by Gasteiger charge is 2.27. The summed E-state index contributed by atoms with van der Waals surface area (Å²) in [6, 6.07) is 0.464. The number of likely N-dealkylation sites (tertiary alicyclic amines) is 1. The molecular weight excluding hydrogens is 234 g/mol. The predicted molar refractivity (Wildman–Crippen MR) is 66.3 cm³/mol. The van der Waals surface area contributed by atoms with Gasteiger partial charge in [-0.05, 0) is 32.6 Å². The predicted octanol–water partition coefficient (Wildman–Crippen LogP) is 1.07. The second-order valence-electron chi connectivity index (χ2n) is 4.85. The highest BCUT2D eigenvalue weighted by atomic mass is 16.6. The minimum Gasteiger partial charge on any atom is -0.450 e. The highest BCUT2D eigenvalue weighted by molar-refractivity contribution is 5.75. The first-order valence-electron chi connectivity index (χ1n) is 6.67. The molecule has 1 saturated carbocycles. The van der Waals surface area contributed by atoms with Crippen molar-refractivity contribution in [3.63, 3.8) is 0 Å².